The number of allylic oxidation sites excluding steroid dienone is 3. The summed E-state index contributed by atoms with van der Waals surface area (Å²) in [5.41, 5.74) is 3.01. The zero-order chi connectivity index (χ0) is 19.2. The summed E-state index contributed by atoms with van der Waals surface area (Å²) in [4.78, 5) is 15.4. The lowest BCUT2D eigenvalue weighted by Gasteiger charge is -2.30. The fraction of sp³-hybridized carbons (Fsp3) is 0.435. The third-order valence-corrected chi connectivity index (χ3v) is 5.46. The Hall–Kier alpha value is -2.33. The Morgan fingerprint density at radius 3 is 2.74 bits per heavy atom. The number of amides is 1. The van der Waals surface area contributed by atoms with Gasteiger partial charge in [0.1, 0.15) is 5.76 Å². The average molecular weight is 367 g/mol. The van der Waals surface area contributed by atoms with Crippen molar-refractivity contribution in [1.82, 2.24) is 4.90 Å². The first kappa shape index (κ1) is 19.4. The van der Waals surface area contributed by atoms with Crippen molar-refractivity contribution >= 4 is 11.5 Å². The predicted octanol–water partition coefficient (Wildman–Crippen LogP) is 4.20. The maximum absolute atomic E-state index is 13.4. The molecular weight excluding hydrogens is 338 g/mol. The van der Waals surface area contributed by atoms with Crippen LogP contribution in [0.3, 0.4) is 0 Å². The first-order chi connectivity index (χ1) is 13.2. The van der Waals surface area contributed by atoms with Gasteiger partial charge in [0.2, 0.25) is 0 Å². The van der Waals surface area contributed by atoms with Crippen molar-refractivity contribution in [3.05, 3.63) is 66.0 Å². The molecule has 0 N–H and O–H groups in total. The van der Waals surface area contributed by atoms with Gasteiger partial charge in [-0.3, -0.25) is 4.79 Å². The Morgan fingerprint density at radius 1 is 1.30 bits per heavy atom. The second-order valence-electron chi connectivity index (χ2n) is 7.19. The van der Waals surface area contributed by atoms with Crippen molar-refractivity contribution in [2.45, 2.75) is 31.7 Å². The van der Waals surface area contributed by atoms with E-state index in [4.69, 9.17) is 9.47 Å². The van der Waals surface area contributed by atoms with E-state index in [0.717, 1.165) is 43.6 Å². The molecule has 1 fully saturated rings. The summed E-state index contributed by atoms with van der Waals surface area (Å²) in [7, 11) is 3.35. The van der Waals surface area contributed by atoms with Crippen LogP contribution in [0.2, 0.25) is 0 Å². The topological polar surface area (TPSA) is 38.8 Å². The van der Waals surface area contributed by atoms with E-state index in [1.54, 1.807) is 14.2 Å². The van der Waals surface area contributed by atoms with E-state index >= 15 is 0 Å². The van der Waals surface area contributed by atoms with Crippen molar-refractivity contribution in [1.29, 1.82) is 0 Å². The van der Waals surface area contributed by atoms with Gasteiger partial charge in [-0.2, -0.15) is 0 Å². The Morgan fingerprint density at radius 2 is 2.07 bits per heavy atom. The van der Waals surface area contributed by atoms with Crippen LogP contribution < -0.4 is 0 Å². The van der Waals surface area contributed by atoms with E-state index in [9.17, 15) is 4.79 Å². The van der Waals surface area contributed by atoms with Crippen molar-refractivity contribution < 1.29 is 14.3 Å². The molecule has 144 valence electrons. The van der Waals surface area contributed by atoms with Crippen LogP contribution in [0.25, 0.3) is 5.57 Å². The van der Waals surface area contributed by atoms with Crippen molar-refractivity contribution in [2.24, 2.45) is 5.92 Å². The lowest BCUT2D eigenvalue weighted by molar-refractivity contribution is -0.128. The van der Waals surface area contributed by atoms with Crippen LogP contribution >= 0.6 is 0 Å². The Kier molecular flexibility index (Phi) is 6.51. The summed E-state index contributed by atoms with van der Waals surface area (Å²) >= 11 is 0. The Labute approximate surface area is 162 Å². The van der Waals surface area contributed by atoms with Gasteiger partial charge in [-0.25, -0.2) is 0 Å². The number of carbonyl (C=O) groups is 1. The summed E-state index contributed by atoms with van der Waals surface area (Å²) in [5, 5.41) is 0. The molecule has 2 atom stereocenters. The minimum atomic E-state index is 0.0496. The van der Waals surface area contributed by atoms with Gasteiger partial charge in [-0.05, 0) is 42.9 Å². The van der Waals surface area contributed by atoms with E-state index in [1.807, 2.05) is 35.3 Å². The fourth-order valence-corrected chi connectivity index (χ4v) is 4.19. The smallest absolute Gasteiger partial charge is 0.257 e. The van der Waals surface area contributed by atoms with E-state index in [1.165, 1.54) is 5.57 Å². The summed E-state index contributed by atoms with van der Waals surface area (Å²) in [6, 6.07) is 10.4. The fourth-order valence-electron chi connectivity index (χ4n) is 4.19. The van der Waals surface area contributed by atoms with E-state index in [2.05, 4.69) is 18.7 Å². The van der Waals surface area contributed by atoms with E-state index in [0.29, 0.717) is 12.2 Å². The lowest BCUT2D eigenvalue weighted by atomic mass is 9.83. The molecule has 4 nitrogen and oxygen atoms in total. The second kappa shape index (κ2) is 9.05. The number of ether oxygens (including phenoxy) is 2. The number of hydrogen-bond donors (Lipinski definition) is 0. The van der Waals surface area contributed by atoms with Gasteiger partial charge in [0.25, 0.3) is 5.91 Å². The molecule has 0 saturated carbocycles. The van der Waals surface area contributed by atoms with Crippen molar-refractivity contribution in [3.8, 4) is 0 Å². The largest absolute Gasteiger partial charge is 0.500 e. The van der Waals surface area contributed by atoms with Gasteiger partial charge in [0, 0.05) is 19.6 Å². The van der Waals surface area contributed by atoms with Gasteiger partial charge in [0.05, 0.1) is 25.3 Å². The maximum atomic E-state index is 13.4. The number of rotatable bonds is 7. The highest BCUT2D eigenvalue weighted by Crippen LogP contribution is 2.38. The zero-order valence-electron chi connectivity index (χ0n) is 16.3. The molecule has 1 amide bonds. The van der Waals surface area contributed by atoms with Gasteiger partial charge in [-0.15, -0.1) is 6.58 Å². The SMILES string of the molecule is C=CC[C@@H]1CC(c2ccccc2)=CC(C(=O)N2CCC[C@H]2COC)=C1OC. The molecule has 4 heteroatoms. The highest BCUT2D eigenvalue weighted by Gasteiger charge is 2.35. The summed E-state index contributed by atoms with van der Waals surface area (Å²) in [5.74, 6) is 0.964. The normalized spacial score (nSPS) is 22.6. The van der Waals surface area contributed by atoms with Crippen LogP contribution in [0, 0.1) is 5.92 Å². The van der Waals surface area contributed by atoms with Crippen LogP contribution in [-0.4, -0.2) is 44.2 Å². The first-order valence-corrected chi connectivity index (χ1v) is 9.64. The van der Waals surface area contributed by atoms with Crippen LogP contribution in [0.5, 0.6) is 0 Å². The summed E-state index contributed by atoms with van der Waals surface area (Å²) in [6.07, 6.45) is 7.56. The van der Waals surface area contributed by atoms with Crippen LogP contribution in [0.1, 0.15) is 31.2 Å². The molecule has 1 aliphatic carbocycles. The maximum Gasteiger partial charge on any atom is 0.257 e. The minimum Gasteiger partial charge on any atom is -0.500 e. The molecule has 0 radical (unpaired) electrons. The molecule has 1 heterocycles. The molecule has 0 bridgehead atoms. The molecule has 0 aromatic heterocycles. The second-order valence-corrected chi connectivity index (χ2v) is 7.19. The van der Waals surface area contributed by atoms with Crippen LogP contribution in [0.15, 0.2) is 60.4 Å². The highest BCUT2D eigenvalue weighted by molar-refractivity contribution is 6.00. The molecule has 2 aliphatic rings. The molecule has 3 rings (SSSR count). The molecular formula is C23H29NO3. The van der Waals surface area contributed by atoms with Crippen LogP contribution in [-0.2, 0) is 14.3 Å². The van der Waals surface area contributed by atoms with Gasteiger partial charge >= 0.3 is 0 Å². The van der Waals surface area contributed by atoms with Gasteiger partial charge in [-0.1, -0.05) is 36.4 Å². The van der Waals surface area contributed by atoms with Gasteiger partial charge in [0.15, 0.2) is 0 Å². The van der Waals surface area contributed by atoms with E-state index in [-0.39, 0.29) is 17.9 Å². The van der Waals surface area contributed by atoms with Crippen LogP contribution in [0.4, 0.5) is 0 Å². The summed E-state index contributed by atoms with van der Waals surface area (Å²) < 4.78 is 11.1. The average Bonchev–Trinajstić information content (AvgIpc) is 3.16. The molecule has 1 saturated heterocycles. The summed E-state index contributed by atoms with van der Waals surface area (Å²) in [6.45, 7) is 5.24. The molecule has 0 unspecified atom stereocenters. The van der Waals surface area contributed by atoms with E-state index < -0.39 is 0 Å². The zero-order valence-corrected chi connectivity index (χ0v) is 16.3. The highest BCUT2D eigenvalue weighted by atomic mass is 16.5. The minimum absolute atomic E-state index is 0.0496. The quantitative estimate of drug-likeness (QED) is 0.678. The number of likely N-dealkylation sites (tertiary alicyclic amines) is 1. The molecule has 1 aromatic rings. The number of hydrogen-bond acceptors (Lipinski definition) is 3. The van der Waals surface area contributed by atoms with Crippen molar-refractivity contribution in [3.63, 3.8) is 0 Å². The first-order valence-electron chi connectivity index (χ1n) is 9.64. The number of carbonyl (C=O) groups excluding carboxylic acids is 1. The molecule has 27 heavy (non-hydrogen) atoms. The molecule has 1 aromatic carbocycles. The van der Waals surface area contributed by atoms with Crippen molar-refractivity contribution in [2.75, 3.05) is 27.4 Å². The van der Waals surface area contributed by atoms with Gasteiger partial charge < -0.3 is 14.4 Å². The standard InChI is InChI=1S/C23H29NO3/c1-4-9-18-14-19(17-10-6-5-7-11-17)15-21(22(18)27-3)23(25)24-13-8-12-20(24)16-26-2/h4-7,10-11,15,18,20H,1,8-9,12-14,16H2,2-3H3/t18-,20+/m1/s1. The number of nitrogens with zero attached hydrogens (tertiary/aromatic N) is 1. The number of benzene rings is 1. The Balaban J connectivity index is 2.00. The molecule has 1 aliphatic heterocycles. The third kappa shape index (κ3) is 4.16. The molecule has 0 spiro atoms. The predicted molar refractivity (Wildman–Crippen MR) is 108 cm³/mol. The Bertz CT molecular complexity index is 735. The third-order valence-electron chi connectivity index (χ3n) is 5.46. The number of methoxy groups -OCH3 is 2. The monoisotopic (exact) mass is 367 g/mol. The lowest BCUT2D eigenvalue weighted by Crippen LogP contribution is -2.39.